The van der Waals surface area contributed by atoms with Gasteiger partial charge in [0.05, 0.1) is 9.90 Å². The highest BCUT2D eigenvalue weighted by Crippen LogP contribution is 2.21. The predicted molar refractivity (Wildman–Crippen MR) is 74.9 cm³/mol. The molecule has 0 radical (unpaired) electrons. The minimum absolute atomic E-state index is 0.297. The number of nitrogens with one attached hydrogen (secondary N) is 1. The monoisotopic (exact) mass is 281 g/mol. The molecule has 3 nitrogen and oxygen atoms in total. The molecule has 0 unspecified atom stereocenters. The van der Waals surface area contributed by atoms with Gasteiger partial charge in [0, 0.05) is 17.1 Å². The van der Waals surface area contributed by atoms with Crippen LogP contribution in [-0.4, -0.2) is 17.6 Å². The Morgan fingerprint density at radius 3 is 2.50 bits per heavy atom. The quantitative estimate of drug-likeness (QED) is 0.877. The first-order valence-corrected chi connectivity index (χ1v) is 6.66. The van der Waals surface area contributed by atoms with Crippen molar-refractivity contribution < 1.29 is 9.90 Å². The van der Waals surface area contributed by atoms with Crippen LogP contribution in [0.5, 0.6) is 0 Å². The molecule has 0 fully saturated rings. The average Bonchev–Trinajstić information content (AvgIpc) is 2.76. The van der Waals surface area contributed by atoms with Crippen molar-refractivity contribution in [2.75, 3.05) is 11.9 Å². The molecule has 0 spiro atoms. The Bertz CT molecular complexity index is 536. The highest BCUT2D eigenvalue weighted by molar-refractivity contribution is 7.16. The molecule has 1 heterocycles. The maximum absolute atomic E-state index is 10.7. The van der Waals surface area contributed by atoms with Gasteiger partial charge < -0.3 is 10.4 Å². The lowest BCUT2D eigenvalue weighted by molar-refractivity contribution is 0.0697. The van der Waals surface area contributed by atoms with Crippen LogP contribution >= 0.6 is 22.9 Å². The van der Waals surface area contributed by atoms with E-state index in [1.165, 1.54) is 4.88 Å². The van der Waals surface area contributed by atoms with E-state index in [1.807, 2.05) is 12.1 Å². The first kappa shape index (κ1) is 12.9. The second-order valence-corrected chi connectivity index (χ2v) is 5.56. The zero-order chi connectivity index (χ0) is 13.0. The van der Waals surface area contributed by atoms with Gasteiger partial charge in [-0.1, -0.05) is 11.6 Å². The van der Waals surface area contributed by atoms with E-state index >= 15 is 0 Å². The van der Waals surface area contributed by atoms with Gasteiger partial charge in [0.25, 0.3) is 0 Å². The van der Waals surface area contributed by atoms with Crippen molar-refractivity contribution >= 4 is 34.6 Å². The Kier molecular flexibility index (Phi) is 4.23. The van der Waals surface area contributed by atoms with Gasteiger partial charge in [-0.2, -0.15) is 0 Å². The molecule has 94 valence electrons. The number of benzene rings is 1. The Hall–Kier alpha value is -1.52. The molecule has 2 N–H and O–H groups in total. The summed E-state index contributed by atoms with van der Waals surface area (Å²) in [5.74, 6) is -0.908. The van der Waals surface area contributed by atoms with E-state index in [9.17, 15) is 4.79 Å². The molecule has 2 rings (SSSR count). The van der Waals surface area contributed by atoms with Crippen molar-refractivity contribution in [1.82, 2.24) is 0 Å². The molecule has 0 aliphatic rings. The largest absolute Gasteiger partial charge is 0.478 e. The lowest BCUT2D eigenvalue weighted by Gasteiger charge is -2.05. The van der Waals surface area contributed by atoms with Crippen LogP contribution in [0.4, 0.5) is 5.69 Å². The first-order valence-electron chi connectivity index (χ1n) is 5.46. The third kappa shape index (κ3) is 3.48. The van der Waals surface area contributed by atoms with Gasteiger partial charge >= 0.3 is 5.97 Å². The molecule has 0 atom stereocenters. The molecule has 5 heteroatoms. The van der Waals surface area contributed by atoms with Crippen molar-refractivity contribution in [3.05, 3.63) is 51.2 Å². The fourth-order valence-electron chi connectivity index (χ4n) is 1.55. The smallest absolute Gasteiger partial charge is 0.335 e. The zero-order valence-electron chi connectivity index (χ0n) is 9.52. The summed E-state index contributed by atoms with van der Waals surface area (Å²) in [4.78, 5) is 11.9. The Morgan fingerprint density at radius 1 is 1.22 bits per heavy atom. The highest BCUT2D eigenvalue weighted by Gasteiger charge is 2.01. The number of aromatic carboxylic acids is 1. The number of thiophene rings is 1. The lowest BCUT2D eigenvalue weighted by atomic mass is 10.2. The molecule has 0 aliphatic heterocycles. The van der Waals surface area contributed by atoms with Gasteiger partial charge in [-0.05, 0) is 42.8 Å². The number of carboxylic acids is 1. The lowest BCUT2D eigenvalue weighted by Crippen LogP contribution is -2.04. The van der Waals surface area contributed by atoms with E-state index in [1.54, 1.807) is 35.6 Å². The third-order valence-corrected chi connectivity index (χ3v) is 3.75. The molecule has 0 saturated carbocycles. The van der Waals surface area contributed by atoms with Crippen molar-refractivity contribution in [1.29, 1.82) is 0 Å². The molecule has 18 heavy (non-hydrogen) atoms. The van der Waals surface area contributed by atoms with Crippen LogP contribution in [0.15, 0.2) is 36.4 Å². The van der Waals surface area contributed by atoms with Crippen molar-refractivity contribution in [2.45, 2.75) is 6.42 Å². The molecule has 0 aliphatic carbocycles. The fourth-order valence-corrected chi connectivity index (χ4v) is 2.63. The minimum atomic E-state index is -0.908. The summed E-state index contributed by atoms with van der Waals surface area (Å²) in [5.41, 5.74) is 1.22. The van der Waals surface area contributed by atoms with Gasteiger partial charge in [-0.15, -0.1) is 11.3 Å². The number of hydrogen-bond acceptors (Lipinski definition) is 3. The summed E-state index contributed by atoms with van der Waals surface area (Å²) >= 11 is 7.42. The van der Waals surface area contributed by atoms with Gasteiger partial charge in [-0.25, -0.2) is 4.79 Å². The summed E-state index contributed by atoms with van der Waals surface area (Å²) in [6.45, 7) is 0.795. The van der Waals surface area contributed by atoms with Crippen LogP contribution < -0.4 is 5.32 Å². The third-order valence-electron chi connectivity index (χ3n) is 2.46. The number of carboxylic acid groups (broad SMARTS) is 1. The van der Waals surface area contributed by atoms with Crippen molar-refractivity contribution in [2.24, 2.45) is 0 Å². The average molecular weight is 282 g/mol. The topological polar surface area (TPSA) is 49.3 Å². The normalized spacial score (nSPS) is 10.3. The van der Waals surface area contributed by atoms with Gasteiger partial charge in [0.15, 0.2) is 0 Å². The molecular formula is C13H12ClNO2S. The Balaban J connectivity index is 1.85. The maximum atomic E-state index is 10.7. The number of hydrogen-bond donors (Lipinski definition) is 2. The van der Waals surface area contributed by atoms with E-state index in [2.05, 4.69) is 5.32 Å². The van der Waals surface area contributed by atoms with Gasteiger partial charge in [0.2, 0.25) is 0 Å². The van der Waals surface area contributed by atoms with Crippen LogP contribution in [0.25, 0.3) is 0 Å². The minimum Gasteiger partial charge on any atom is -0.478 e. The fraction of sp³-hybridized carbons (Fsp3) is 0.154. The van der Waals surface area contributed by atoms with Gasteiger partial charge in [-0.3, -0.25) is 0 Å². The maximum Gasteiger partial charge on any atom is 0.335 e. The Morgan fingerprint density at radius 2 is 1.94 bits per heavy atom. The van der Waals surface area contributed by atoms with Crippen LogP contribution in [0.3, 0.4) is 0 Å². The summed E-state index contributed by atoms with van der Waals surface area (Å²) < 4.78 is 0.802. The van der Waals surface area contributed by atoms with Crippen molar-refractivity contribution in [3.63, 3.8) is 0 Å². The van der Waals surface area contributed by atoms with E-state index in [-0.39, 0.29) is 0 Å². The first-order chi connectivity index (χ1) is 8.65. The van der Waals surface area contributed by atoms with Crippen LogP contribution in [0.1, 0.15) is 15.2 Å². The number of halogens is 1. The van der Waals surface area contributed by atoms with E-state index in [0.29, 0.717) is 5.56 Å². The second kappa shape index (κ2) is 5.89. The second-order valence-electron chi connectivity index (χ2n) is 3.77. The van der Waals surface area contributed by atoms with Crippen LogP contribution in [0.2, 0.25) is 4.34 Å². The van der Waals surface area contributed by atoms with E-state index in [4.69, 9.17) is 16.7 Å². The standard InChI is InChI=1S/C13H12ClNO2S/c14-12-6-5-11(18-12)7-8-15-10-3-1-9(2-4-10)13(16)17/h1-6,15H,7-8H2,(H,16,17). The van der Waals surface area contributed by atoms with Crippen molar-refractivity contribution in [3.8, 4) is 0 Å². The molecule has 2 aromatic rings. The highest BCUT2D eigenvalue weighted by atomic mass is 35.5. The number of anilines is 1. The molecule has 0 bridgehead atoms. The molecule has 0 amide bonds. The summed E-state index contributed by atoms with van der Waals surface area (Å²) in [6.07, 6.45) is 0.901. The SMILES string of the molecule is O=C(O)c1ccc(NCCc2ccc(Cl)s2)cc1. The summed E-state index contributed by atoms with van der Waals surface area (Å²) in [5, 5.41) is 12.0. The summed E-state index contributed by atoms with van der Waals surface area (Å²) in [7, 11) is 0. The Labute approximate surface area is 114 Å². The molecular weight excluding hydrogens is 270 g/mol. The molecule has 1 aromatic heterocycles. The van der Waals surface area contributed by atoms with Crippen LogP contribution in [-0.2, 0) is 6.42 Å². The molecule has 0 saturated heterocycles. The number of carbonyl (C=O) groups is 1. The zero-order valence-corrected chi connectivity index (χ0v) is 11.1. The molecule has 1 aromatic carbocycles. The summed E-state index contributed by atoms with van der Waals surface area (Å²) in [6, 6.07) is 10.6. The van der Waals surface area contributed by atoms with E-state index < -0.39 is 5.97 Å². The van der Waals surface area contributed by atoms with Crippen LogP contribution in [0, 0.1) is 0 Å². The predicted octanol–water partition coefficient (Wildman–Crippen LogP) is 3.75. The van der Waals surface area contributed by atoms with Gasteiger partial charge in [0.1, 0.15) is 0 Å². The number of rotatable bonds is 5. The van der Waals surface area contributed by atoms with E-state index in [0.717, 1.165) is 23.0 Å².